The molecule has 0 fully saturated rings. The zero-order valence-corrected chi connectivity index (χ0v) is 11.5. The summed E-state index contributed by atoms with van der Waals surface area (Å²) in [4.78, 5) is 22.2. The second-order valence-electron chi connectivity index (χ2n) is 4.55. The molecule has 10 nitrogen and oxygen atoms in total. The number of ether oxygens (including phenoxy) is 1. The Morgan fingerprint density at radius 1 is 1.14 bits per heavy atom. The van der Waals surface area contributed by atoms with Crippen LogP contribution in [-0.2, 0) is 14.3 Å². The first-order chi connectivity index (χ1) is 9.74. The molecule has 0 rings (SSSR count). The van der Waals surface area contributed by atoms with Crippen LogP contribution in [0.1, 0.15) is 12.8 Å². The summed E-state index contributed by atoms with van der Waals surface area (Å²) in [7, 11) is 0. The average molecular weight is 309 g/mol. The van der Waals surface area contributed by atoms with Crippen LogP contribution >= 0.6 is 0 Å². The van der Waals surface area contributed by atoms with Gasteiger partial charge in [-0.25, -0.2) is 0 Å². The Hall–Kier alpha value is -1.30. The SMILES string of the molecule is NC[C@H](OC(=O)[C@@H](N)CCC(N)=O)[C@@H](O)[C@H](O)[C@H](O)CO. The Kier molecular flexibility index (Phi) is 9.01. The Morgan fingerprint density at radius 3 is 2.14 bits per heavy atom. The summed E-state index contributed by atoms with van der Waals surface area (Å²) in [6.45, 7) is -1.13. The average Bonchev–Trinajstić information content (AvgIpc) is 2.47. The monoisotopic (exact) mass is 309 g/mol. The summed E-state index contributed by atoms with van der Waals surface area (Å²) >= 11 is 0. The van der Waals surface area contributed by atoms with Crippen molar-refractivity contribution in [2.24, 2.45) is 17.2 Å². The molecule has 0 heterocycles. The topological polar surface area (TPSA) is 202 Å². The molecule has 0 radical (unpaired) electrons. The van der Waals surface area contributed by atoms with Gasteiger partial charge in [0.25, 0.3) is 0 Å². The van der Waals surface area contributed by atoms with Crippen molar-refractivity contribution in [3.8, 4) is 0 Å². The minimum atomic E-state index is -1.75. The summed E-state index contributed by atoms with van der Waals surface area (Å²) in [5, 5.41) is 37.1. The van der Waals surface area contributed by atoms with Gasteiger partial charge in [0.1, 0.15) is 30.5 Å². The maximum Gasteiger partial charge on any atom is 0.323 e. The van der Waals surface area contributed by atoms with E-state index >= 15 is 0 Å². The zero-order chi connectivity index (χ0) is 16.6. The van der Waals surface area contributed by atoms with E-state index in [4.69, 9.17) is 27.0 Å². The number of esters is 1. The van der Waals surface area contributed by atoms with Crippen LogP contribution < -0.4 is 17.2 Å². The lowest BCUT2D eigenvalue weighted by atomic mass is 10.0. The Balaban J connectivity index is 4.54. The predicted octanol–water partition coefficient (Wildman–Crippen LogP) is -4.48. The van der Waals surface area contributed by atoms with Crippen LogP contribution in [0.2, 0.25) is 0 Å². The van der Waals surface area contributed by atoms with Crippen molar-refractivity contribution >= 4 is 11.9 Å². The highest BCUT2D eigenvalue weighted by molar-refractivity contribution is 5.78. The molecule has 0 bridgehead atoms. The number of carbonyl (C=O) groups excluding carboxylic acids is 2. The third kappa shape index (κ3) is 6.80. The molecule has 0 aromatic rings. The molecule has 10 heteroatoms. The lowest BCUT2D eigenvalue weighted by molar-refractivity contribution is -0.166. The summed E-state index contributed by atoms with van der Waals surface area (Å²) in [6, 6.07) is -1.14. The van der Waals surface area contributed by atoms with Crippen LogP contribution in [0.4, 0.5) is 0 Å². The number of amides is 1. The van der Waals surface area contributed by atoms with E-state index in [-0.39, 0.29) is 19.4 Å². The van der Waals surface area contributed by atoms with E-state index in [1.165, 1.54) is 0 Å². The third-order valence-electron chi connectivity index (χ3n) is 2.82. The molecule has 0 aromatic carbocycles. The number of carbonyl (C=O) groups is 2. The normalized spacial score (nSPS) is 18.4. The molecule has 0 saturated heterocycles. The van der Waals surface area contributed by atoms with E-state index in [2.05, 4.69) is 0 Å². The Labute approximate surface area is 121 Å². The van der Waals surface area contributed by atoms with Gasteiger partial charge in [-0.2, -0.15) is 0 Å². The van der Waals surface area contributed by atoms with Gasteiger partial charge in [-0.05, 0) is 6.42 Å². The molecule has 0 spiro atoms. The summed E-state index contributed by atoms with van der Waals surface area (Å²) in [5.41, 5.74) is 15.7. The van der Waals surface area contributed by atoms with Gasteiger partial charge in [-0.3, -0.25) is 9.59 Å². The van der Waals surface area contributed by atoms with Crippen LogP contribution in [0, 0.1) is 0 Å². The quantitative estimate of drug-likeness (QED) is 0.194. The third-order valence-corrected chi connectivity index (χ3v) is 2.82. The van der Waals surface area contributed by atoms with Crippen LogP contribution in [0.25, 0.3) is 0 Å². The van der Waals surface area contributed by atoms with Crippen molar-refractivity contribution < 1.29 is 34.8 Å². The van der Waals surface area contributed by atoms with E-state index < -0.39 is 48.9 Å². The minimum absolute atomic E-state index is 0.0383. The molecule has 0 unspecified atom stereocenters. The number of aliphatic hydroxyl groups is 4. The molecule has 0 aliphatic heterocycles. The lowest BCUT2D eigenvalue weighted by Crippen LogP contribution is -2.51. The summed E-state index contributed by atoms with van der Waals surface area (Å²) < 4.78 is 4.83. The Bertz CT molecular complexity index is 342. The molecular formula is C11H23N3O7. The van der Waals surface area contributed by atoms with Gasteiger partial charge in [-0.15, -0.1) is 0 Å². The first-order valence-electron chi connectivity index (χ1n) is 6.34. The van der Waals surface area contributed by atoms with E-state index in [1.54, 1.807) is 0 Å². The molecule has 21 heavy (non-hydrogen) atoms. The van der Waals surface area contributed by atoms with Crippen LogP contribution in [0.15, 0.2) is 0 Å². The van der Waals surface area contributed by atoms with Gasteiger partial charge in [0.05, 0.1) is 6.61 Å². The van der Waals surface area contributed by atoms with Gasteiger partial charge in [-0.1, -0.05) is 0 Å². The van der Waals surface area contributed by atoms with Crippen LogP contribution in [-0.4, -0.2) is 75.9 Å². The fraction of sp³-hybridized carbons (Fsp3) is 0.818. The van der Waals surface area contributed by atoms with Gasteiger partial charge in [0.2, 0.25) is 5.91 Å². The molecule has 0 saturated carbocycles. The molecule has 0 aliphatic carbocycles. The van der Waals surface area contributed by atoms with E-state index in [0.717, 1.165) is 0 Å². The number of aliphatic hydroxyl groups excluding tert-OH is 4. The zero-order valence-electron chi connectivity index (χ0n) is 11.5. The number of primary amides is 1. The first-order valence-corrected chi connectivity index (χ1v) is 6.34. The molecule has 0 aliphatic rings. The number of rotatable bonds is 10. The predicted molar refractivity (Wildman–Crippen MR) is 70.4 cm³/mol. The van der Waals surface area contributed by atoms with Crippen molar-refractivity contribution in [1.29, 1.82) is 0 Å². The van der Waals surface area contributed by atoms with E-state index in [9.17, 15) is 24.9 Å². The van der Waals surface area contributed by atoms with Crippen LogP contribution in [0.5, 0.6) is 0 Å². The molecule has 1 amide bonds. The minimum Gasteiger partial charge on any atom is -0.457 e. The molecule has 0 aromatic heterocycles. The highest BCUT2D eigenvalue weighted by atomic mass is 16.6. The fourth-order valence-electron chi connectivity index (χ4n) is 1.46. The van der Waals surface area contributed by atoms with Gasteiger partial charge in [0, 0.05) is 13.0 Å². The molecule has 10 N–H and O–H groups in total. The van der Waals surface area contributed by atoms with Crippen molar-refractivity contribution in [2.45, 2.75) is 43.3 Å². The largest absolute Gasteiger partial charge is 0.457 e. The Morgan fingerprint density at radius 2 is 1.71 bits per heavy atom. The van der Waals surface area contributed by atoms with Crippen molar-refractivity contribution in [2.75, 3.05) is 13.2 Å². The summed E-state index contributed by atoms with van der Waals surface area (Å²) in [5.74, 6) is -1.56. The summed E-state index contributed by atoms with van der Waals surface area (Å²) in [6.07, 6.45) is -6.55. The lowest BCUT2D eigenvalue weighted by Gasteiger charge is -2.28. The number of nitrogens with two attached hydrogens (primary N) is 3. The van der Waals surface area contributed by atoms with Crippen molar-refractivity contribution in [1.82, 2.24) is 0 Å². The highest BCUT2D eigenvalue weighted by Gasteiger charge is 2.33. The van der Waals surface area contributed by atoms with E-state index in [0.29, 0.717) is 0 Å². The number of hydrogen-bond donors (Lipinski definition) is 7. The maximum absolute atomic E-state index is 11.6. The second-order valence-corrected chi connectivity index (χ2v) is 4.55. The molecule has 5 atom stereocenters. The number of hydrogen-bond acceptors (Lipinski definition) is 9. The standard InChI is InChI=1S/C11H23N3O7/c12-3-7(10(19)9(18)6(16)4-15)21-11(20)5(13)1-2-8(14)17/h5-7,9-10,15-16,18-19H,1-4,12-13H2,(H2,14,17)/t5-,6+,7-,9+,10+/m0/s1. The maximum atomic E-state index is 11.6. The fourth-order valence-corrected chi connectivity index (χ4v) is 1.46. The first kappa shape index (κ1) is 19.7. The van der Waals surface area contributed by atoms with Gasteiger partial charge >= 0.3 is 5.97 Å². The second kappa shape index (κ2) is 9.60. The van der Waals surface area contributed by atoms with Crippen LogP contribution in [0.3, 0.4) is 0 Å². The smallest absolute Gasteiger partial charge is 0.323 e. The molecule has 124 valence electrons. The highest BCUT2D eigenvalue weighted by Crippen LogP contribution is 2.09. The van der Waals surface area contributed by atoms with Gasteiger partial charge < -0.3 is 42.4 Å². The van der Waals surface area contributed by atoms with Crippen molar-refractivity contribution in [3.05, 3.63) is 0 Å². The van der Waals surface area contributed by atoms with Gasteiger partial charge in [0.15, 0.2) is 0 Å². The van der Waals surface area contributed by atoms with Crippen molar-refractivity contribution in [3.63, 3.8) is 0 Å². The molecular weight excluding hydrogens is 286 g/mol. The van der Waals surface area contributed by atoms with E-state index in [1.807, 2.05) is 0 Å².